The number of benzene rings is 2. The molecule has 7 heteroatoms. The van der Waals surface area contributed by atoms with E-state index in [1.165, 1.54) is 18.7 Å². The summed E-state index contributed by atoms with van der Waals surface area (Å²) in [5.41, 5.74) is 0.936. The molecule has 1 aliphatic carbocycles. The highest BCUT2D eigenvalue weighted by Gasteiger charge is 2.43. The smallest absolute Gasteiger partial charge is 0.247 e. The topological polar surface area (TPSA) is 84.5 Å². The molecule has 0 spiro atoms. The minimum absolute atomic E-state index is 0.0151. The second-order valence-corrected chi connectivity index (χ2v) is 9.72. The fraction of sp³-hybridized carbons (Fsp3) is 0.423. The summed E-state index contributed by atoms with van der Waals surface area (Å²) in [5, 5.41) is 5.94. The number of thioether (sulfide) groups is 1. The van der Waals surface area contributed by atoms with E-state index in [2.05, 4.69) is 10.6 Å². The van der Waals surface area contributed by atoms with E-state index in [9.17, 15) is 14.4 Å². The van der Waals surface area contributed by atoms with Crippen LogP contribution in [0.3, 0.4) is 0 Å². The van der Waals surface area contributed by atoms with E-state index >= 15 is 0 Å². The van der Waals surface area contributed by atoms with Crippen molar-refractivity contribution in [1.29, 1.82) is 0 Å². The highest BCUT2D eigenvalue weighted by Crippen LogP contribution is 2.40. The predicted octanol–water partition coefficient (Wildman–Crippen LogP) is 4.21. The number of nitrogens with one attached hydrogen (secondary N) is 2. The first kappa shape index (κ1) is 25.0. The van der Waals surface area contributed by atoms with Crippen molar-refractivity contribution in [2.45, 2.75) is 51.2 Å². The van der Waals surface area contributed by atoms with Gasteiger partial charge in [0.05, 0.1) is 11.5 Å². The summed E-state index contributed by atoms with van der Waals surface area (Å²) in [6, 6.07) is 18.1. The molecule has 2 amide bonds. The number of hydrogen-bond donors (Lipinski definition) is 2. The van der Waals surface area contributed by atoms with Crippen molar-refractivity contribution in [2.24, 2.45) is 5.41 Å². The lowest BCUT2D eigenvalue weighted by atomic mass is 9.73. The van der Waals surface area contributed by atoms with Crippen LogP contribution in [-0.4, -0.2) is 41.9 Å². The normalized spacial score (nSPS) is 21.1. The van der Waals surface area contributed by atoms with Crippen molar-refractivity contribution >= 4 is 34.4 Å². The number of carbonyl (C=O) groups is 3. The van der Waals surface area contributed by atoms with Gasteiger partial charge in [-0.1, -0.05) is 60.3 Å². The zero-order chi connectivity index (χ0) is 23.7. The molecule has 1 aliphatic rings. The van der Waals surface area contributed by atoms with Gasteiger partial charge in [-0.15, -0.1) is 0 Å². The van der Waals surface area contributed by atoms with Gasteiger partial charge in [-0.2, -0.15) is 0 Å². The molecule has 6 nitrogen and oxygen atoms in total. The summed E-state index contributed by atoms with van der Waals surface area (Å²) in [6.45, 7) is 1.52. The Hall–Kier alpha value is -2.64. The molecule has 1 saturated carbocycles. The fourth-order valence-electron chi connectivity index (χ4n) is 4.18. The van der Waals surface area contributed by atoms with Gasteiger partial charge in [0.25, 0.3) is 0 Å². The van der Waals surface area contributed by atoms with Crippen molar-refractivity contribution < 1.29 is 19.1 Å². The van der Waals surface area contributed by atoms with E-state index in [1.807, 2.05) is 60.7 Å². The van der Waals surface area contributed by atoms with Gasteiger partial charge in [0.1, 0.15) is 6.04 Å². The summed E-state index contributed by atoms with van der Waals surface area (Å²) in [6.07, 6.45) is 3.24. The summed E-state index contributed by atoms with van der Waals surface area (Å²) in [4.78, 5) is 38.5. The molecule has 1 atom stereocenters. The van der Waals surface area contributed by atoms with Crippen molar-refractivity contribution in [1.82, 2.24) is 5.32 Å². The lowest BCUT2D eigenvalue weighted by Crippen LogP contribution is -2.53. The zero-order valence-electron chi connectivity index (χ0n) is 19.2. The zero-order valence-corrected chi connectivity index (χ0v) is 20.0. The molecule has 1 unspecified atom stereocenters. The maximum Gasteiger partial charge on any atom is 0.247 e. The van der Waals surface area contributed by atoms with Crippen LogP contribution < -0.4 is 10.6 Å². The molecular formula is C26H32N2O4S. The van der Waals surface area contributed by atoms with Crippen molar-refractivity contribution in [3.63, 3.8) is 0 Å². The summed E-state index contributed by atoms with van der Waals surface area (Å²) in [7, 11) is 1.69. The molecule has 33 heavy (non-hydrogen) atoms. The van der Waals surface area contributed by atoms with Crippen LogP contribution in [0.25, 0.3) is 0 Å². The minimum Gasteiger partial charge on any atom is -0.381 e. The summed E-state index contributed by atoms with van der Waals surface area (Å²) < 4.78 is 5.48. The molecular weight excluding hydrogens is 436 g/mol. The maximum absolute atomic E-state index is 13.6. The Morgan fingerprint density at radius 3 is 2.21 bits per heavy atom. The largest absolute Gasteiger partial charge is 0.381 e. The molecule has 2 aromatic rings. The van der Waals surface area contributed by atoms with Gasteiger partial charge in [0, 0.05) is 31.9 Å². The Morgan fingerprint density at radius 2 is 1.64 bits per heavy atom. The van der Waals surface area contributed by atoms with E-state index < -0.39 is 11.5 Å². The Morgan fingerprint density at radius 1 is 1.03 bits per heavy atom. The van der Waals surface area contributed by atoms with Gasteiger partial charge in [-0.05, 0) is 43.4 Å². The molecule has 0 aromatic heterocycles. The van der Waals surface area contributed by atoms with Crippen LogP contribution in [0.5, 0.6) is 0 Å². The van der Waals surface area contributed by atoms with Gasteiger partial charge >= 0.3 is 0 Å². The average Bonchev–Trinajstić information content (AvgIpc) is 2.83. The van der Waals surface area contributed by atoms with E-state index in [4.69, 9.17) is 4.74 Å². The Balaban J connectivity index is 1.79. The van der Waals surface area contributed by atoms with Crippen LogP contribution in [0.2, 0.25) is 0 Å². The molecule has 2 aromatic carbocycles. The van der Waals surface area contributed by atoms with E-state index in [0.29, 0.717) is 30.7 Å². The van der Waals surface area contributed by atoms with Crippen molar-refractivity contribution in [2.75, 3.05) is 18.2 Å². The van der Waals surface area contributed by atoms with E-state index in [-0.39, 0.29) is 23.0 Å². The monoisotopic (exact) mass is 468 g/mol. The summed E-state index contributed by atoms with van der Waals surface area (Å²) >= 11 is 1.17. The van der Waals surface area contributed by atoms with Crippen molar-refractivity contribution in [3.05, 3.63) is 66.2 Å². The number of methoxy groups -OCH3 is 1. The molecule has 3 rings (SSSR count). The third-order valence-corrected chi connectivity index (χ3v) is 7.31. The number of carbonyl (C=O) groups excluding carboxylic acids is 3. The quantitative estimate of drug-likeness (QED) is 0.576. The number of rotatable bonds is 9. The lowest BCUT2D eigenvalue weighted by Gasteiger charge is -2.39. The highest BCUT2D eigenvalue weighted by molar-refractivity contribution is 8.13. The predicted molar refractivity (Wildman–Crippen MR) is 132 cm³/mol. The molecule has 0 saturated heterocycles. The maximum atomic E-state index is 13.6. The number of amides is 2. The van der Waals surface area contributed by atoms with Gasteiger partial charge in [-0.25, -0.2) is 0 Å². The lowest BCUT2D eigenvalue weighted by molar-refractivity contribution is -0.136. The van der Waals surface area contributed by atoms with Crippen LogP contribution in [-0.2, 0) is 25.5 Å². The molecule has 0 bridgehead atoms. The highest BCUT2D eigenvalue weighted by atomic mass is 32.2. The first-order chi connectivity index (χ1) is 15.9. The molecule has 0 aliphatic heterocycles. The molecule has 2 N–H and O–H groups in total. The second-order valence-electron chi connectivity index (χ2n) is 8.57. The second kappa shape index (κ2) is 12.0. The Kier molecular flexibility index (Phi) is 9.09. The van der Waals surface area contributed by atoms with Gasteiger partial charge in [0.15, 0.2) is 5.12 Å². The van der Waals surface area contributed by atoms with Crippen LogP contribution in [0, 0.1) is 5.41 Å². The number of hydrogen-bond acceptors (Lipinski definition) is 5. The van der Waals surface area contributed by atoms with E-state index in [0.717, 1.165) is 18.4 Å². The van der Waals surface area contributed by atoms with Crippen LogP contribution >= 0.6 is 11.8 Å². The Bertz CT molecular complexity index is 928. The van der Waals surface area contributed by atoms with E-state index in [1.54, 1.807) is 7.11 Å². The fourth-order valence-corrected chi connectivity index (χ4v) is 5.08. The van der Waals surface area contributed by atoms with Crippen LogP contribution in [0.4, 0.5) is 5.69 Å². The molecule has 0 heterocycles. The van der Waals surface area contributed by atoms with Crippen LogP contribution in [0.1, 0.15) is 38.2 Å². The van der Waals surface area contributed by atoms with Gasteiger partial charge in [0.2, 0.25) is 11.8 Å². The summed E-state index contributed by atoms with van der Waals surface area (Å²) in [5.74, 6) is -0.0310. The minimum atomic E-state index is -0.737. The molecule has 0 radical (unpaired) electrons. The number of para-hydroxylation sites is 1. The van der Waals surface area contributed by atoms with Gasteiger partial charge in [-0.3, -0.25) is 14.4 Å². The van der Waals surface area contributed by atoms with Crippen LogP contribution in [0.15, 0.2) is 60.7 Å². The number of ether oxygens (including phenoxy) is 1. The number of anilines is 1. The third-order valence-electron chi connectivity index (χ3n) is 6.20. The third kappa shape index (κ3) is 7.17. The standard InChI is InChI=1S/C26H32N2O4S/c1-19(29)33-18-26(15-13-22(32-2)14-16-26)25(31)28-23(17-20-9-5-3-6-10-20)24(30)27-21-11-7-4-8-12-21/h3-12,22-23H,13-18H2,1-2H3,(H,27,30)(H,28,31). The average molecular weight is 469 g/mol. The molecule has 176 valence electrons. The first-order valence-corrected chi connectivity index (χ1v) is 12.3. The SMILES string of the molecule is COC1CCC(CSC(C)=O)(C(=O)NC(Cc2ccccc2)C(=O)Nc2ccccc2)CC1. The first-order valence-electron chi connectivity index (χ1n) is 11.3. The van der Waals surface area contributed by atoms with Gasteiger partial charge < -0.3 is 15.4 Å². The van der Waals surface area contributed by atoms with Crippen molar-refractivity contribution in [3.8, 4) is 0 Å². The Labute approximate surface area is 199 Å². The molecule has 1 fully saturated rings.